The minimum Gasteiger partial charge on any atom is -0.405 e. The Balaban J connectivity index is 4.70. The summed E-state index contributed by atoms with van der Waals surface area (Å²) in [4.78, 5) is 0. The van der Waals surface area contributed by atoms with E-state index in [1.54, 1.807) is 0 Å². The van der Waals surface area contributed by atoms with Gasteiger partial charge in [-0.05, 0) is 18.1 Å². The van der Waals surface area contributed by atoms with Crippen LogP contribution >= 0.6 is 0 Å². The van der Waals surface area contributed by atoms with Crippen LogP contribution < -0.4 is 0 Å². The van der Waals surface area contributed by atoms with Gasteiger partial charge < -0.3 is 9.53 Å². The first-order valence-electron chi connectivity index (χ1n) is 5.70. The fourth-order valence-electron chi connectivity index (χ4n) is 1.71. The van der Waals surface area contributed by atoms with E-state index in [0.717, 1.165) is 0 Å². The second-order valence-electron chi connectivity index (χ2n) is 3.90. The van der Waals surface area contributed by atoms with Crippen molar-refractivity contribution in [2.45, 2.75) is 57.6 Å². The standard InChI is InChI=1S/C10H21F3O2Si/c1-4-16(5-2,6-3)15-9(7-8-14)10(11,12)13/h9,14H,4-8H2,1-3H3. The number of aliphatic hydroxyl groups is 1. The Morgan fingerprint density at radius 3 is 1.81 bits per heavy atom. The van der Waals surface area contributed by atoms with Crippen molar-refractivity contribution in [1.82, 2.24) is 0 Å². The second kappa shape index (κ2) is 6.61. The Morgan fingerprint density at radius 2 is 1.56 bits per heavy atom. The van der Waals surface area contributed by atoms with Gasteiger partial charge in [-0.25, -0.2) is 0 Å². The van der Waals surface area contributed by atoms with Gasteiger partial charge in [-0.15, -0.1) is 0 Å². The van der Waals surface area contributed by atoms with Crippen molar-refractivity contribution in [2.24, 2.45) is 0 Å². The van der Waals surface area contributed by atoms with Crippen LogP contribution in [0.1, 0.15) is 27.2 Å². The van der Waals surface area contributed by atoms with Gasteiger partial charge in [-0.2, -0.15) is 13.2 Å². The summed E-state index contributed by atoms with van der Waals surface area (Å²) in [6.07, 6.45) is -6.54. The van der Waals surface area contributed by atoms with Crippen LogP contribution in [0.25, 0.3) is 0 Å². The summed E-state index contributed by atoms with van der Waals surface area (Å²) in [6, 6.07) is 2.04. The van der Waals surface area contributed by atoms with Crippen molar-refractivity contribution in [2.75, 3.05) is 6.61 Å². The molecule has 0 amide bonds. The van der Waals surface area contributed by atoms with Crippen LogP contribution in [-0.4, -0.2) is 32.3 Å². The smallest absolute Gasteiger partial charge is 0.405 e. The minimum atomic E-state index is -4.37. The molecule has 0 saturated carbocycles. The molecule has 0 bridgehead atoms. The van der Waals surface area contributed by atoms with Crippen LogP contribution in [0.4, 0.5) is 13.2 Å². The highest BCUT2D eigenvalue weighted by Crippen LogP contribution is 2.32. The average Bonchev–Trinajstić information content (AvgIpc) is 2.23. The van der Waals surface area contributed by atoms with E-state index in [4.69, 9.17) is 9.53 Å². The Bertz CT molecular complexity index is 185. The first-order chi connectivity index (χ1) is 7.35. The van der Waals surface area contributed by atoms with E-state index in [-0.39, 0.29) is 6.42 Å². The molecule has 0 aromatic heterocycles. The average molecular weight is 258 g/mol. The zero-order valence-electron chi connectivity index (χ0n) is 10.1. The maximum absolute atomic E-state index is 12.6. The molecule has 0 radical (unpaired) electrons. The van der Waals surface area contributed by atoms with Gasteiger partial charge in [0, 0.05) is 13.0 Å². The van der Waals surface area contributed by atoms with E-state index in [1.807, 2.05) is 20.8 Å². The van der Waals surface area contributed by atoms with Crippen LogP contribution in [0.2, 0.25) is 18.1 Å². The summed E-state index contributed by atoms with van der Waals surface area (Å²) >= 11 is 0. The van der Waals surface area contributed by atoms with Gasteiger partial charge in [0.15, 0.2) is 8.32 Å². The Kier molecular flexibility index (Phi) is 6.58. The number of alkyl halides is 3. The van der Waals surface area contributed by atoms with Gasteiger partial charge in [0.05, 0.1) is 0 Å². The zero-order valence-corrected chi connectivity index (χ0v) is 11.1. The third kappa shape index (κ3) is 4.43. The highest BCUT2D eigenvalue weighted by atomic mass is 28.4. The molecule has 2 nitrogen and oxygen atoms in total. The molecule has 0 aromatic carbocycles. The monoisotopic (exact) mass is 258 g/mol. The number of halogens is 3. The lowest BCUT2D eigenvalue weighted by atomic mass is 10.2. The van der Waals surface area contributed by atoms with Crippen molar-refractivity contribution in [3.05, 3.63) is 0 Å². The third-order valence-corrected chi connectivity index (χ3v) is 7.73. The van der Waals surface area contributed by atoms with Gasteiger partial charge in [-0.3, -0.25) is 0 Å². The van der Waals surface area contributed by atoms with E-state index in [9.17, 15) is 13.2 Å². The van der Waals surface area contributed by atoms with Gasteiger partial charge in [0.1, 0.15) is 6.10 Å². The number of hydrogen-bond donors (Lipinski definition) is 1. The topological polar surface area (TPSA) is 29.5 Å². The molecule has 1 unspecified atom stereocenters. The molecule has 6 heteroatoms. The molecule has 0 spiro atoms. The van der Waals surface area contributed by atoms with Gasteiger partial charge in [0.25, 0.3) is 0 Å². The molecule has 0 rings (SSSR count). The molecule has 1 N–H and O–H groups in total. The Labute approximate surface area is 95.9 Å². The molecular formula is C10H21F3O2Si. The summed E-state index contributed by atoms with van der Waals surface area (Å²) in [6.45, 7) is 5.15. The van der Waals surface area contributed by atoms with Gasteiger partial charge >= 0.3 is 6.18 Å². The summed E-state index contributed by atoms with van der Waals surface area (Å²) in [5, 5.41) is 8.65. The number of rotatable bonds is 7. The largest absolute Gasteiger partial charge is 0.413 e. The maximum Gasteiger partial charge on any atom is 0.413 e. The first-order valence-corrected chi connectivity index (χ1v) is 8.23. The minimum absolute atomic E-state index is 0.363. The molecule has 16 heavy (non-hydrogen) atoms. The number of aliphatic hydroxyl groups excluding tert-OH is 1. The summed E-state index contributed by atoms with van der Waals surface area (Å²) in [5.74, 6) is 0. The van der Waals surface area contributed by atoms with Crippen LogP contribution in [-0.2, 0) is 4.43 Å². The lowest BCUT2D eigenvalue weighted by molar-refractivity contribution is -0.201. The second-order valence-corrected chi connectivity index (χ2v) is 8.63. The fourth-order valence-corrected chi connectivity index (χ4v) is 4.56. The van der Waals surface area contributed by atoms with Crippen molar-refractivity contribution >= 4 is 8.32 Å². The maximum atomic E-state index is 12.6. The third-order valence-electron chi connectivity index (χ3n) is 3.08. The van der Waals surface area contributed by atoms with Crippen molar-refractivity contribution in [3.8, 4) is 0 Å². The normalized spacial score (nSPS) is 15.2. The first kappa shape index (κ1) is 15.9. The quantitative estimate of drug-likeness (QED) is 0.710. The van der Waals surface area contributed by atoms with E-state index in [1.165, 1.54) is 0 Å². The van der Waals surface area contributed by atoms with Gasteiger partial charge in [0.2, 0.25) is 0 Å². The van der Waals surface area contributed by atoms with Crippen molar-refractivity contribution in [1.29, 1.82) is 0 Å². The molecule has 0 saturated heterocycles. The molecule has 0 aromatic rings. The lowest BCUT2D eigenvalue weighted by Gasteiger charge is -2.33. The van der Waals surface area contributed by atoms with Crippen LogP contribution in [0, 0.1) is 0 Å². The molecule has 1 atom stereocenters. The van der Waals surface area contributed by atoms with Crippen LogP contribution in [0.3, 0.4) is 0 Å². The highest BCUT2D eigenvalue weighted by Gasteiger charge is 2.44. The molecule has 0 aliphatic carbocycles. The highest BCUT2D eigenvalue weighted by molar-refractivity contribution is 6.73. The fraction of sp³-hybridized carbons (Fsp3) is 1.00. The van der Waals surface area contributed by atoms with E-state index in [0.29, 0.717) is 18.1 Å². The summed E-state index contributed by atoms with van der Waals surface area (Å²) in [7, 11) is -2.26. The van der Waals surface area contributed by atoms with Crippen LogP contribution in [0.15, 0.2) is 0 Å². The summed E-state index contributed by atoms with van der Waals surface area (Å²) < 4.78 is 43.2. The van der Waals surface area contributed by atoms with Gasteiger partial charge in [-0.1, -0.05) is 20.8 Å². The summed E-state index contributed by atoms with van der Waals surface area (Å²) in [5.41, 5.74) is 0. The van der Waals surface area contributed by atoms with E-state index >= 15 is 0 Å². The zero-order chi connectivity index (χ0) is 12.8. The predicted octanol–water partition coefficient (Wildman–Crippen LogP) is 3.32. The molecular weight excluding hydrogens is 237 g/mol. The van der Waals surface area contributed by atoms with Crippen molar-refractivity contribution < 1.29 is 22.7 Å². The lowest BCUT2D eigenvalue weighted by Crippen LogP contribution is -2.45. The Hall–Kier alpha value is -0.0731. The van der Waals surface area contributed by atoms with E-state index < -0.39 is 27.2 Å². The molecule has 0 aliphatic heterocycles. The molecule has 0 heterocycles. The molecule has 0 fully saturated rings. The SMILES string of the molecule is CC[Si](CC)(CC)OC(CCO)C(F)(F)F. The molecule has 0 aliphatic rings. The number of hydrogen-bond acceptors (Lipinski definition) is 2. The molecule has 98 valence electrons. The predicted molar refractivity (Wildman–Crippen MR) is 59.8 cm³/mol. The van der Waals surface area contributed by atoms with Crippen molar-refractivity contribution in [3.63, 3.8) is 0 Å². The van der Waals surface area contributed by atoms with E-state index in [2.05, 4.69) is 0 Å². The van der Waals surface area contributed by atoms with Crippen LogP contribution in [0.5, 0.6) is 0 Å². The Morgan fingerprint density at radius 1 is 1.12 bits per heavy atom.